The fraction of sp³-hybridized carbons (Fsp3) is 0.429. The lowest BCUT2D eigenvalue weighted by molar-refractivity contribution is -0.166. The summed E-state index contributed by atoms with van der Waals surface area (Å²) < 4.78 is 4.67. The number of hydrogen-bond acceptors (Lipinski definition) is 8. The zero-order valence-electron chi connectivity index (χ0n) is 11.6. The van der Waals surface area contributed by atoms with E-state index in [0.717, 1.165) is 0 Å². The molecule has 0 aromatic heterocycles. The summed E-state index contributed by atoms with van der Waals surface area (Å²) in [4.78, 5) is 23.1. The third-order valence-electron chi connectivity index (χ3n) is 2.94. The molecule has 1 aromatic rings. The topological polar surface area (TPSA) is 145 Å². The van der Waals surface area contributed by atoms with Crippen LogP contribution in [-0.4, -0.2) is 68.3 Å². The molecule has 0 fully saturated rings. The Hall–Kier alpha value is -1.84. The number of rotatable bonds is 8. The second-order valence-corrected chi connectivity index (χ2v) is 4.60. The quantitative estimate of drug-likeness (QED) is 0.267. The van der Waals surface area contributed by atoms with E-state index in [9.17, 15) is 24.9 Å². The number of carbonyl (C=O) groups excluding carboxylic acids is 2. The van der Waals surface area contributed by atoms with Crippen LogP contribution in [0.25, 0.3) is 0 Å². The fourth-order valence-corrected chi connectivity index (χ4v) is 1.59. The summed E-state index contributed by atoms with van der Waals surface area (Å²) in [6.07, 6.45) is -8.18. The fourth-order valence-electron chi connectivity index (χ4n) is 1.59. The molecule has 0 unspecified atom stereocenters. The molecule has 0 aliphatic heterocycles. The Bertz CT molecular complexity index is 489. The smallest absolute Gasteiger partial charge is 0.377 e. The maximum absolute atomic E-state index is 11.6. The van der Waals surface area contributed by atoms with Gasteiger partial charge in [-0.05, 0) is 5.56 Å². The summed E-state index contributed by atoms with van der Waals surface area (Å²) in [5.41, 5.74) is 0.620. The molecule has 0 bridgehead atoms. The standard InChI is InChI=1S/C14H18O8/c15-6-9(16)10(17)11(18)12(19)13(20)14(21)22-7-8-4-2-1-3-5-8/h1-5,9-12,15-19H,6-7H2/t9-,10-,11+,12-/m1/s1. The van der Waals surface area contributed by atoms with Gasteiger partial charge in [0.1, 0.15) is 24.9 Å². The predicted molar refractivity (Wildman–Crippen MR) is 72.4 cm³/mol. The predicted octanol–water partition coefficient (Wildman–Crippen LogP) is -2.27. The van der Waals surface area contributed by atoms with E-state index in [-0.39, 0.29) is 6.61 Å². The lowest BCUT2D eigenvalue weighted by Crippen LogP contribution is -2.50. The zero-order chi connectivity index (χ0) is 16.7. The van der Waals surface area contributed by atoms with Crippen molar-refractivity contribution in [1.29, 1.82) is 0 Å². The van der Waals surface area contributed by atoms with Crippen molar-refractivity contribution in [2.45, 2.75) is 31.0 Å². The highest BCUT2D eigenvalue weighted by molar-refractivity contribution is 6.35. The molecule has 0 aliphatic carbocycles. The van der Waals surface area contributed by atoms with Gasteiger partial charge in [-0.25, -0.2) is 4.79 Å². The molecule has 22 heavy (non-hydrogen) atoms. The van der Waals surface area contributed by atoms with Crippen molar-refractivity contribution in [3.05, 3.63) is 35.9 Å². The molecular weight excluding hydrogens is 296 g/mol. The minimum Gasteiger partial charge on any atom is -0.455 e. The molecule has 0 aliphatic rings. The number of hydrogen-bond donors (Lipinski definition) is 5. The van der Waals surface area contributed by atoms with Gasteiger partial charge in [0, 0.05) is 0 Å². The molecule has 1 rings (SSSR count). The SMILES string of the molecule is O=C(OCc1ccccc1)C(=O)[C@H](O)[C@@H](O)[C@H](O)[C@H](O)CO. The highest BCUT2D eigenvalue weighted by atomic mass is 16.5. The van der Waals surface area contributed by atoms with E-state index < -0.39 is 42.8 Å². The number of carbonyl (C=O) groups is 2. The molecule has 5 N–H and O–H groups in total. The van der Waals surface area contributed by atoms with Gasteiger partial charge >= 0.3 is 5.97 Å². The minimum atomic E-state index is -2.28. The molecule has 0 saturated carbocycles. The van der Waals surface area contributed by atoms with E-state index in [1.807, 2.05) is 0 Å². The molecule has 0 amide bonds. The maximum atomic E-state index is 11.6. The Morgan fingerprint density at radius 3 is 2.14 bits per heavy atom. The van der Waals surface area contributed by atoms with E-state index in [1.165, 1.54) is 0 Å². The molecule has 1 aromatic carbocycles. The number of aliphatic hydroxyl groups is 5. The first kappa shape index (κ1) is 18.2. The largest absolute Gasteiger partial charge is 0.455 e. The Morgan fingerprint density at radius 1 is 1.00 bits per heavy atom. The number of benzene rings is 1. The zero-order valence-corrected chi connectivity index (χ0v) is 11.6. The van der Waals surface area contributed by atoms with Gasteiger partial charge in [0.25, 0.3) is 5.78 Å². The summed E-state index contributed by atoms with van der Waals surface area (Å²) in [7, 11) is 0. The first-order chi connectivity index (χ1) is 10.4. The number of aliphatic hydroxyl groups excluding tert-OH is 5. The monoisotopic (exact) mass is 314 g/mol. The van der Waals surface area contributed by atoms with Crippen molar-refractivity contribution in [1.82, 2.24) is 0 Å². The first-order valence-corrected chi connectivity index (χ1v) is 6.46. The number of esters is 1. The van der Waals surface area contributed by atoms with Crippen molar-refractivity contribution in [3.8, 4) is 0 Å². The Balaban J connectivity index is 2.56. The van der Waals surface area contributed by atoms with Gasteiger partial charge < -0.3 is 30.3 Å². The second-order valence-electron chi connectivity index (χ2n) is 4.60. The van der Waals surface area contributed by atoms with Gasteiger partial charge in [0.2, 0.25) is 0 Å². The van der Waals surface area contributed by atoms with Crippen LogP contribution in [-0.2, 0) is 20.9 Å². The van der Waals surface area contributed by atoms with Crippen LogP contribution in [0.1, 0.15) is 5.56 Å². The Kier molecular flexibility index (Phi) is 7.09. The normalized spacial score (nSPS) is 16.4. The number of ether oxygens (including phenoxy) is 1. The second kappa shape index (κ2) is 8.57. The minimum absolute atomic E-state index is 0.198. The van der Waals surface area contributed by atoms with E-state index in [1.54, 1.807) is 30.3 Å². The molecule has 0 radical (unpaired) electrons. The van der Waals surface area contributed by atoms with Gasteiger partial charge in [0.15, 0.2) is 6.10 Å². The molecular formula is C14H18O8. The average Bonchev–Trinajstić information content (AvgIpc) is 2.56. The van der Waals surface area contributed by atoms with E-state index in [2.05, 4.69) is 4.74 Å². The highest BCUT2D eigenvalue weighted by Gasteiger charge is 2.37. The average molecular weight is 314 g/mol. The highest BCUT2D eigenvalue weighted by Crippen LogP contribution is 2.08. The van der Waals surface area contributed by atoms with Crippen LogP contribution >= 0.6 is 0 Å². The molecule has 8 nitrogen and oxygen atoms in total. The van der Waals surface area contributed by atoms with Crippen LogP contribution in [0.5, 0.6) is 0 Å². The van der Waals surface area contributed by atoms with Crippen LogP contribution in [0, 0.1) is 0 Å². The third kappa shape index (κ3) is 4.86. The lowest BCUT2D eigenvalue weighted by atomic mass is 10.0. The van der Waals surface area contributed by atoms with Gasteiger partial charge in [-0.3, -0.25) is 4.79 Å². The van der Waals surface area contributed by atoms with Crippen LogP contribution in [0.4, 0.5) is 0 Å². The molecule has 0 spiro atoms. The molecule has 4 atom stereocenters. The third-order valence-corrected chi connectivity index (χ3v) is 2.94. The van der Waals surface area contributed by atoms with Crippen LogP contribution < -0.4 is 0 Å². The summed E-state index contributed by atoms with van der Waals surface area (Å²) in [6, 6.07) is 8.48. The van der Waals surface area contributed by atoms with E-state index in [4.69, 9.17) is 10.2 Å². The van der Waals surface area contributed by atoms with Gasteiger partial charge in [-0.2, -0.15) is 0 Å². The molecule has 8 heteroatoms. The van der Waals surface area contributed by atoms with E-state index >= 15 is 0 Å². The van der Waals surface area contributed by atoms with Crippen molar-refractivity contribution in [2.24, 2.45) is 0 Å². The summed E-state index contributed by atoms with van der Waals surface area (Å²) in [6.45, 7) is -1.09. The van der Waals surface area contributed by atoms with Crippen molar-refractivity contribution in [2.75, 3.05) is 6.61 Å². The summed E-state index contributed by atoms with van der Waals surface area (Å²) in [5.74, 6) is -2.85. The van der Waals surface area contributed by atoms with Crippen LogP contribution in [0.3, 0.4) is 0 Å². The van der Waals surface area contributed by atoms with Crippen LogP contribution in [0.15, 0.2) is 30.3 Å². The number of Topliss-reactive ketones (excluding diaryl/α,β-unsaturated/α-hetero) is 1. The number of ketones is 1. The van der Waals surface area contributed by atoms with E-state index in [0.29, 0.717) is 5.56 Å². The van der Waals surface area contributed by atoms with Gasteiger partial charge in [-0.15, -0.1) is 0 Å². The molecule has 122 valence electrons. The first-order valence-electron chi connectivity index (χ1n) is 6.46. The summed E-state index contributed by atoms with van der Waals surface area (Å²) >= 11 is 0. The van der Waals surface area contributed by atoms with Crippen LogP contribution in [0.2, 0.25) is 0 Å². The summed E-state index contributed by atoms with van der Waals surface area (Å²) in [5, 5.41) is 46.1. The molecule has 0 heterocycles. The van der Waals surface area contributed by atoms with Gasteiger partial charge in [-0.1, -0.05) is 30.3 Å². The lowest BCUT2D eigenvalue weighted by Gasteiger charge is -2.24. The van der Waals surface area contributed by atoms with Crippen molar-refractivity contribution < 1.29 is 39.9 Å². The van der Waals surface area contributed by atoms with Crippen molar-refractivity contribution in [3.63, 3.8) is 0 Å². The Labute approximate surface area is 126 Å². The maximum Gasteiger partial charge on any atom is 0.377 e. The van der Waals surface area contributed by atoms with Gasteiger partial charge in [0.05, 0.1) is 6.61 Å². The Morgan fingerprint density at radius 2 is 1.59 bits per heavy atom. The van der Waals surface area contributed by atoms with Crippen molar-refractivity contribution >= 4 is 11.8 Å². The molecule has 0 saturated heterocycles.